The van der Waals surface area contributed by atoms with E-state index in [0.29, 0.717) is 0 Å². The summed E-state index contributed by atoms with van der Waals surface area (Å²) in [5.74, 6) is 0. The number of carbonyl (C=O) groups excluding carboxylic acids is 1. The van der Waals surface area contributed by atoms with Crippen molar-refractivity contribution in [3.8, 4) is 0 Å². The summed E-state index contributed by atoms with van der Waals surface area (Å²) in [6.07, 6.45) is -0.834. The van der Waals surface area contributed by atoms with Crippen molar-refractivity contribution in [2.45, 2.75) is 33.0 Å². The summed E-state index contributed by atoms with van der Waals surface area (Å²) in [5.41, 5.74) is 0.362. The maximum atomic E-state index is 11.1. The molecule has 0 saturated carbocycles. The Bertz CT molecular complexity index is 327. The lowest BCUT2D eigenvalue weighted by Crippen LogP contribution is -2.22. The lowest BCUT2D eigenvalue weighted by Gasteiger charge is -2.16. The van der Waals surface area contributed by atoms with Crippen molar-refractivity contribution in [2.24, 2.45) is 0 Å². The molecule has 0 atom stereocenters. The Kier molecular flexibility index (Phi) is 4.31. The summed E-state index contributed by atoms with van der Waals surface area (Å²) < 4.78 is 4.84. The molecular weight excluding hydrogens is 208 g/mol. The number of ether oxygens (including phenoxy) is 1. The molecule has 0 bridgehead atoms. The molecule has 1 rings (SSSR count). The van der Waals surface area contributed by atoms with Crippen LogP contribution in [0.1, 0.15) is 26.3 Å². The first-order chi connectivity index (χ1) is 7.47. The van der Waals surface area contributed by atoms with Crippen molar-refractivity contribution >= 4 is 6.16 Å². The van der Waals surface area contributed by atoms with Crippen molar-refractivity contribution in [1.82, 2.24) is 0 Å². The molecule has 88 valence electrons. The van der Waals surface area contributed by atoms with Gasteiger partial charge in [-0.3, -0.25) is 4.89 Å². The molecule has 0 aliphatic heterocycles. The number of carbonyl (C=O) groups is 1. The van der Waals surface area contributed by atoms with Gasteiger partial charge in [-0.05, 0) is 26.3 Å². The fraction of sp³-hybridized carbons (Fsp3) is 0.417. The zero-order chi connectivity index (χ0) is 12.0. The summed E-state index contributed by atoms with van der Waals surface area (Å²) in [7, 11) is 0. The van der Waals surface area contributed by atoms with Crippen molar-refractivity contribution in [2.75, 3.05) is 0 Å². The van der Waals surface area contributed by atoms with Gasteiger partial charge >= 0.3 is 6.16 Å². The fourth-order valence-electron chi connectivity index (χ4n) is 0.900. The van der Waals surface area contributed by atoms with E-state index in [9.17, 15) is 4.79 Å². The van der Waals surface area contributed by atoms with E-state index < -0.39 is 11.8 Å². The number of hydrogen-bond donors (Lipinski definition) is 0. The van der Waals surface area contributed by atoms with Gasteiger partial charge in [0.05, 0.1) is 0 Å². The van der Waals surface area contributed by atoms with Gasteiger partial charge in [-0.1, -0.05) is 30.3 Å². The molecule has 4 heteroatoms. The number of rotatable bonds is 3. The first-order valence-corrected chi connectivity index (χ1v) is 5.04. The molecule has 1 aromatic carbocycles. The zero-order valence-corrected chi connectivity index (χ0v) is 9.73. The molecule has 16 heavy (non-hydrogen) atoms. The van der Waals surface area contributed by atoms with Gasteiger partial charge in [-0.15, -0.1) is 0 Å². The summed E-state index contributed by atoms with van der Waals surface area (Å²) in [6.45, 7) is 5.50. The summed E-state index contributed by atoms with van der Waals surface area (Å²) in [5, 5.41) is 0. The molecule has 0 aromatic heterocycles. The second kappa shape index (κ2) is 5.51. The second-order valence-electron chi connectivity index (χ2n) is 4.30. The lowest BCUT2D eigenvalue weighted by molar-refractivity contribution is -0.312. The molecule has 0 spiro atoms. The first kappa shape index (κ1) is 12.5. The fourth-order valence-corrected chi connectivity index (χ4v) is 0.900. The third kappa shape index (κ3) is 5.36. The predicted molar refractivity (Wildman–Crippen MR) is 58.6 cm³/mol. The maximum Gasteiger partial charge on any atom is 0.540 e. The van der Waals surface area contributed by atoms with E-state index >= 15 is 0 Å². The van der Waals surface area contributed by atoms with E-state index in [1.165, 1.54) is 0 Å². The van der Waals surface area contributed by atoms with Crippen LogP contribution in [0.5, 0.6) is 0 Å². The Hall–Kier alpha value is -1.55. The maximum absolute atomic E-state index is 11.1. The van der Waals surface area contributed by atoms with Crippen LogP contribution < -0.4 is 0 Å². The zero-order valence-electron chi connectivity index (χ0n) is 9.73. The second-order valence-corrected chi connectivity index (χ2v) is 4.30. The van der Waals surface area contributed by atoms with E-state index in [2.05, 4.69) is 4.89 Å². The molecule has 0 unspecified atom stereocenters. The van der Waals surface area contributed by atoms with Gasteiger partial charge in [-0.2, -0.15) is 4.89 Å². The third-order valence-corrected chi connectivity index (χ3v) is 1.56. The molecule has 0 aliphatic rings. The van der Waals surface area contributed by atoms with Crippen LogP contribution in [0, 0.1) is 0 Å². The van der Waals surface area contributed by atoms with Gasteiger partial charge in [0.15, 0.2) is 0 Å². The van der Waals surface area contributed by atoms with Crippen LogP contribution in [0.15, 0.2) is 30.3 Å². The van der Waals surface area contributed by atoms with Crippen molar-refractivity contribution < 1.29 is 19.3 Å². The van der Waals surface area contributed by atoms with E-state index in [0.717, 1.165) is 5.56 Å². The Morgan fingerprint density at radius 1 is 1.19 bits per heavy atom. The van der Waals surface area contributed by atoms with E-state index in [1.54, 1.807) is 20.8 Å². The summed E-state index contributed by atoms with van der Waals surface area (Å²) >= 11 is 0. The monoisotopic (exact) mass is 224 g/mol. The van der Waals surface area contributed by atoms with Crippen LogP contribution in [-0.2, 0) is 21.1 Å². The normalized spacial score (nSPS) is 10.9. The molecule has 0 amide bonds. The molecule has 0 aliphatic carbocycles. The minimum Gasteiger partial charge on any atom is -0.427 e. The van der Waals surface area contributed by atoms with Crippen LogP contribution in [-0.4, -0.2) is 11.8 Å². The van der Waals surface area contributed by atoms with E-state index in [4.69, 9.17) is 9.62 Å². The van der Waals surface area contributed by atoms with Crippen LogP contribution in [0.25, 0.3) is 0 Å². The van der Waals surface area contributed by atoms with Crippen molar-refractivity contribution in [3.05, 3.63) is 35.9 Å². The third-order valence-electron chi connectivity index (χ3n) is 1.56. The van der Waals surface area contributed by atoms with Crippen LogP contribution in [0.2, 0.25) is 0 Å². The van der Waals surface area contributed by atoms with Crippen LogP contribution >= 0.6 is 0 Å². The van der Waals surface area contributed by atoms with Gasteiger partial charge in [0, 0.05) is 0 Å². The van der Waals surface area contributed by atoms with E-state index in [1.807, 2.05) is 30.3 Å². The minimum absolute atomic E-state index is 0.174. The highest BCUT2D eigenvalue weighted by molar-refractivity contribution is 5.59. The van der Waals surface area contributed by atoms with Crippen molar-refractivity contribution in [1.29, 1.82) is 0 Å². The largest absolute Gasteiger partial charge is 0.540 e. The molecule has 0 saturated heterocycles. The number of hydrogen-bond acceptors (Lipinski definition) is 4. The smallest absolute Gasteiger partial charge is 0.427 e. The Morgan fingerprint density at radius 3 is 2.38 bits per heavy atom. The average Bonchev–Trinajstić information content (AvgIpc) is 2.24. The Labute approximate surface area is 95.1 Å². The molecule has 0 N–H and O–H groups in total. The first-order valence-electron chi connectivity index (χ1n) is 5.04. The Morgan fingerprint density at radius 2 is 1.81 bits per heavy atom. The summed E-state index contributed by atoms with van der Waals surface area (Å²) in [6, 6.07) is 9.35. The molecule has 1 aromatic rings. The van der Waals surface area contributed by atoms with Gasteiger partial charge in [0.1, 0.15) is 12.2 Å². The molecular formula is C12H16O4. The summed E-state index contributed by atoms with van der Waals surface area (Å²) in [4.78, 5) is 20.4. The van der Waals surface area contributed by atoms with E-state index in [-0.39, 0.29) is 6.61 Å². The molecule has 0 fully saturated rings. The Balaban J connectivity index is 2.26. The van der Waals surface area contributed by atoms with Gasteiger partial charge < -0.3 is 4.74 Å². The topological polar surface area (TPSA) is 44.8 Å². The van der Waals surface area contributed by atoms with Crippen molar-refractivity contribution in [3.63, 3.8) is 0 Å². The predicted octanol–water partition coefficient (Wildman–Crippen LogP) is 3.07. The minimum atomic E-state index is -0.834. The highest BCUT2D eigenvalue weighted by atomic mass is 17.2. The highest BCUT2D eigenvalue weighted by Gasteiger charge is 2.15. The molecule has 0 heterocycles. The highest BCUT2D eigenvalue weighted by Crippen LogP contribution is 2.08. The van der Waals surface area contributed by atoms with Gasteiger partial charge in [-0.25, -0.2) is 4.79 Å². The lowest BCUT2D eigenvalue weighted by atomic mass is 10.2. The van der Waals surface area contributed by atoms with Gasteiger partial charge in [0.2, 0.25) is 0 Å². The molecule has 0 radical (unpaired) electrons. The standard InChI is InChI=1S/C12H16O4/c1-12(2,3)16-15-11(13)14-9-10-7-5-4-6-8-10/h4-8H,9H2,1-3H3. The molecule has 4 nitrogen and oxygen atoms in total. The van der Waals surface area contributed by atoms with Crippen LogP contribution in [0.3, 0.4) is 0 Å². The SMILES string of the molecule is CC(C)(C)OOC(=O)OCc1ccccc1. The van der Waals surface area contributed by atoms with Crippen LogP contribution in [0.4, 0.5) is 4.79 Å². The quantitative estimate of drug-likeness (QED) is 0.449. The average molecular weight is 224 g/mol. The van der Waals surface area contributed by atoms with Gasteiger partial charge in [0.25, 0.3) is 0 Å². The number of benzene rings is 1.